The van der Waals surface area contributed by atoms with Gasteiger partial charge in [-0.3, -0.25) is 9.59 Å². The molecule has 0 saturated carbocycles. The second kappa shape index (κ2) is 8.92. The zero-order chi connectivity index (χ0) is 19.3. The number of carbonyl (C=O) groups is 2. The van der Waals surface area contributed by atoms with Crippen LogP contribution in [0.3, 0.4) is 0 Å². The van der Waals surface area contributed by atoms with Crippen LogP contribution in [0.5, 0.6) is 0 Å². The fourth-order valence-corrected chi connectivity index (χ4v) is 6.18. The van der Waals surface area contributed by atoms with Gasteiger partial charge in [-0.15, -0.1) is 23.5 Å². The van der Waals surface area contributed by atoms with Gasteiger partial charge in [0.15, 0.2) is 0 Å². The van der Waals surface area contributed by atoms with Crippen LogP contribution in [-0.2, 0) is 4.79 Å². The summed E-state index contributed by atoms with van der Waals surface area (Å²) in [4.78, 5) is 26.1. The minimum Gasteiger partial charge on any atom is -0.360 e. The van der Waals surface area contributed by atoms with Crippen molar-refractivity contribution in [3.05, 3.63) is 59.7 Å². The topological polar surface area (TPSA) is 61.4 Å². The zero-order valence-corrected chi connectivity index (χ0v) is 17.2. The number of nitrogens with zero attached hydrogens (tertiary/aromatic N) is 1. The second-order valence-corrected chi connectivity index (χ2v) is 9.55. The summed E-state index contributed by atoms with van der Waals surface area (Å²) in [5.41, 5.74) is 3.67. The molecular weight excluding hydrogens is 390 g/mol. The van der Waals surface area contributed by atoms with Gasteiger partial charge < -0.3 is 15.5 Å². The van der Waals surface area contributed by atoms with Crippen LogP contribution >= 0.6 is 23.5 Å². The lowest BCUT2D eigenvalue weighted by Gasteiger charge is -2.28. The van der Waals surface area contributed by atoms with Crippen molar-refractivity contribution in [2.75, 3.05) is 41.4 Å². The smallest absolute Gasteiger partial charge is 0.255 e. The Kier molecular flexibility index (Phi) is 6.12. The van der Waals surface area contributed by atoms with Gasteiger partial charge in [0.2, 0.25) is 5.91 Å². The molecule has 146 valence electrons. The maximum atomic E-state index is 12.5. The van der Waals surface area contributed by atoms with Gasteiger partial charge in [0.1, 0.15) is 0 Å². The molecule has 2 aromatic rings. The Morgan fingerprint density at radius 3 is 2.43 bits per heavy atom. The number of carbonyl (C=O) groups excluding carboxylic acids is 2. The molecule has 0 aliphatic carbocycles. The molecule has 2 aliphatic heterocycles. The van der Waals surface area contributed by atoms with E-state index in [1.807, 2.05) is 64.8 Å². The van der Waals surface area contributed by atoms with Crippen LogP contribution in [0.4, 0.5) is 11.4 Å². The highest BCUT2D eigenvalue weighted by Gasteiger charge is 2.18. The van der Waals surface area contributed by atoms with Crippen LogP contribution in [0.25, 0.3) is 0 Å². The first-order chi connectivity index (χ1) is 13.7. The molecule has 0 atom stereocenters. The number of anilines is 2. The first kappa shape index (κ1) is 19.2. The molecule has 2 heterocycles. The highest BCUT2D eigenvalue weighted by molar-refractivity contribution is 8.16. The number of nitrogens with one attached hydrogen (secondary N) is 2. The highest BCUT2D eigenvalue weighted by Crippen LogP contribution is 2.43. The van der Waals surface area contributed by atoms with Gasteiger partial charge >= 0.3 is 0 Å². The number of benzene rings is 2. The van der Waals surface area contributed by atoms with E-state index in [9.17, 15) is 9.59 Å². The van der Waals surface area contributed by atoms with E-state index in [1.165, 1.54) is 23.5 Å². The maximum Gasteiger partial charge on any atom is 0.255 e. The van der Waals surface area contributed by atoms with E-state index in [2.05, 4.69) is 22.8 Å². The van der Waals surface area contributed by atoms with Crippen LogP contribution in [0.2, 0.25) is 0 Å². The second-order valence-electron chi connectivity index (χ2n) is 6.82. The van der Waals surface area contributed by atoms with Crippen molar-refractivity contribution < 1.29 is 9.59 Å². The quantitative estimate of drug-likeness (QED) is 0.800. The van der Waals surface area contributed by atoms with Crippen LogP contribution in [0.15, 0.2) is 48.5 Å². The Hall–Kier alpha value is -2.12. The summed E-state index contributed by atoms with van der Waals surface area (Å²) in [5.74, 6) is 2.34. The van der Waals surface area contributed by atoms with Crippen molar-refractivity contribution in [1.29, 1.82) is 0 Å². The number of hydrogen-bond acceptors (Lipinski definition) is 5. The monoisotopic (exact) mass is 413 g/mol. The third-order valence-electron chi connectivity index (χ3n) is 4.80. The molecule has 0 spiro atoms. The van der Waals surface area contributed by atoms with Crippen molar-refractivity contribution in [3.8, 4) is 0 Å². The maximum absolute atomic E-state index is 12.5. The van der Waals surface area contributed by atoms with Gasteiger partial charge in [0.25, 0.3) is 5.91 Å². The van der Waals surface area contributed by atoms with E-state index in [-0.39, 0.29) is 11.8 Å². The summed E-state index contributed by atoms with van der Waals surface area (Å²) >= 11 is 3.96. The van der Waals surface area contributed by atoms with E-state index in [0.29, 0.717) is 23.2 Å². The summed E-state index contributed by atoms with van der Waals surface area (Å²) in [7, 11) is 0. The van der Waals surface area contributed by atoms with Crippen molar-refractivity contribution >= 4 is 46.7 Å². The van der Waals surface area contributed by atoms with Gasteiger partial charge in [0.05, 0.1) is 11.1 Å². The molecular formula is C21H23N3O2S2. The van der Waals surface area contributed by atoms with E-state index in [1.54, 1.807) is 0 Å². The zero-order valence-electron chi connectivity index (χ0n) is 15.5. The van der Waals surface area contributed by atoms with Crippen LogP contribution in [0, 0.1) is 0 Å². The Bertz CT molecular complexity index is 834. The lowest BCUT2D eigenvalue weighted by molar-refractivity contribution is -0.120. The Balaban J connectivity index is 1.37. The van der Waals surface area contributed by atoms with Crippen LogP contribution in [0.1, 0.15) is 26.9 Å². The first-order valence-corrected chi connectivity index (χ1v) is 11.5. The molecule has 2 amide bonds. The molecule has 7 heteroatoms. The Morgan fingerprint density at radius 1 is 1.04 bits per heavy atom. The molecule has 0 bridgehead atoms. The fraction of sp³-hybridized carbons (Fsp3) is 0.333. The normalized spacial score (nSPS) is 17.9. The highest BCUT2D eigenvalue weighted by atomic mass is 32.2. The summed E-state index contributed by atoms with van der Waals surface area (Å²) in [6, 6.07) is 15.6. The summed E-state index contributed by atoms with van der Waals surface area (Å²) in [6.45, 7) is 1.82. The van der Waals surface area contributed by atoms with Gasteiger partial charge in [-0.2, -0.15) is 0 Å². The molecule has 0 aromatic heterocycles. The molecule has 28 heavy (non-hydrogen) atoms. The number of hydrogen-bond donors (Lipinski definition) is 2. The minimum atomic E-state index is -0.111. The third-order valence-corrected chi connectivity index (χ3v) is 7.82. The molecule has 4 rings (SSSR count). The molecule has 0 radical (unpaired) electrons. The average molecular weight is 414 g/mol. The van der Waals surface area contributed by atoms with Crippen LogP contribution in [-0.4, -0.2) is 43.0 Å². The van der Waals surface area contributed by atoms with Gasteiger partial charge in [-0.05, 0) is 59.9 Å². The molecule has 2 N–H and O–H groups in total. The van der Waals surface area contributed by atoms with Gasteiger partial charge in [-0.1, -0.05) is 12.1 Å². The molecule has 2 aliphatic rings. The van der Waals surface area contributed by atoms with Crippen molar-refractivity contribution in [2.24, 2.45) is 0 Å². The largest absolute Gasteiger partial charge is 0.360 e. The predicted molar refractivity (Wildman–Crippen MR) is 118 cm³/mol. The van der Waals surface area contributed by atoms with E-state index in [0.717, 1.165) is 17.9 Å². The molecule has 5 nitrogen and oxygen atoms in total. The van der Waals surface area contributed by atoms with Crippen molar-refractivity contribution in [3.63, 3.8) is 0 Å². The Labute approximate surface area is 173 Å². The summed E-state index contributed by atoms with van der Waals surface area (Å²) in [5, 5.41) is 5.77. The minimum absolute atomic E-state index is 0.0390. The summed E-state index contributed by atoms with van der Waals surface area (Å²) < 4.78 is 0.482. The standard InChI is InChI=1S/C21H23N3O2S2/c25-19-14-24(11-10-22-19)18-8-6-17(7-9-18)23-20(26)15-2-4-16(5-3-15)21-27-12-1-13-28-21/h2-9,21H,1,10-14H2,(H,22,25)(H,23,26). The van der Waals surface area contributed by atoms with E-state index in [4.69, 9.17) is 0 Å². The SMILES string of the molecule is O=C1CN(c2ccc(NC(=O)c3ccc(C4SCCCS4)cc3)cc2)CCN1. The third kappa shape index (κ3) is 4.64. The summed E-state index contributed by atoms with van der Waals surface area (Å²) in [6.07, 6.45) is 1.27. The van der Waals surface area contributed by atoms with E-state index < -0.39 is 0 Å². The van der Waals surface area contributed by atoms with E-state index >= 15 is 0 Å². The lowest BCUT2D eigenvalue weighted by Crippen LogP contribution is -2.47. The lowest BCUT2D eigenvalue weighted by atomic mass is 10.1. The number of piperazine rings is 1. The first-order valence-electron chi connectivity index (χ1n) is 9.45. The fourth-order valence-electron chi connectivity index (χ4n) is 3.29. The average Bonchev–Trinajstić information content (AvgIpc) is 2.75. The van der Waals surface area contributed by atoms with Crippen molar-refractivity contribution in [1.82, 2.24) is 5.32 Å². The van der Waals surface area contributed by atoms with Crippen molar-refractivity contribution in [2.45, 2.75) is 11.0 Å². The number of rotatable bonds is 4. The number of amides is 2. The van der Waals surface area contributed by atoms with Crippen LogP contribution < -0.4 is 15.5 Å². The molecule has 2 saturated heterocycles. The number of thioether (sulfide) groups is 2. The molecule has 0 unspecified atom stereocenters. The van der Waals surface area contributed by atoms with Gasteiger partial charge in [-0.25, -0.2) is 0 Å². The van der Waals surface area contributed by atoms with Gasteiger partial charge in [0, 0.05) is 30.0 Å². The predicted octanol–water partition coefficient (Wildman–Crippen LogP) is 3.74. The Morgan fingerprint density at radius 2 is 1.75 bits per heavy atom. The molecule has 2 aromatic carbocycles. The molecule has 2 fully saturated rings.